The standard InChI is InChI=1S/C13H18F2N2/c1-8(2)3-9-6-16-12-4-10(14)11(15)5-13(12)17-7-9/h4-5,8-9,16-17H,3,6-7H2,1-2H3. The summed E-state index contributed by atoms with van der Waals surface area (Å²) in [6.07, 6.45) is 1.10. The molecular weight excluding hydrogens is 222 g/mol. The molecule has 2 rings (SSSR count). The number of anilines is 2. The lowest BCUT2D eigenvalue weighted by Crippen LogP contribution is -2.20. The molecule has 1 aromatic carbocycles. The smallest absolute Gasteiger partial charge is 0.161 e. The van der Waals surface area contributed by atoms with Crippen LogP contribution in [-0.4, -0.2) is 13.1 Å². The summed E-state index contributed by atoms with van der Waals surface area (Å²) in [7, 11) is 0. The van der Waals surface area contributed by atoms with Crippen molar-refractivity contribution in [3.63, 3.8) is 0 Å². The molecule has 1 aliphatic heterocycles. The highest BCUT2D eigenvalue weighted by atomic mass is 19.2. The van der Waals surface area contributed by atoms with Gasteiger partial charge < -0.3 is 10.6 Å². The number of halogens is 2. The Kier molecular flexibility index (Phi) is 3.50. The molecule has 0 unspecified atom stereocenters. The van der Waals surface area contributed by atoms with Crippen LogP contribution in [0.1, 0.15) is 20.3 Å². The molecule has 0 amide bonds. The van der Waals surface area contributed by atoms with Crippen molar-refractivity contribution in [1.29, 1.82) is 0 Å². The average Bonchev–Trinajstić information content (AvgIpc) is 2.43. The molecule has 0 atom stereocenters. The van der Waals surface area contributed by atoms with Gasteiger partial charge in [0.05, 0.1) is 11.4 Å². The Morgan fingerprint density at radius 2 is 1.59 bits per heavy atom. The second-order valence-electron chi connectivity index (χ2n) is 5.07. The van der Waals surface area contributed by atoms with Crippen molar-refractivity contribution in [3.05, 3.63) is 23.8 Å². The molecular formula is C13H18F2N2. The molecule has 4 heteroatoms. The van der Waals surface area contributed by atoms with E-state index in [1.165, 1.54) is 12.1 Å². The van der Waals surface area contributed by atoms with Crippen molar-refractivity contribution in [1.82, 2.24) is 0 Å². The largest absolute Gasteiger partial charge is 0.383 e. The fraction of sp³-hybridized carbons (Fsp3) is 0.538. The molecule has 0 aromatic heterocycles. The van der Waals surface area contributed by atoms with Crippen LogP contribution in [0.25, 0.3) is 0 Å². The van der Waals surface area contributed by atoms with Gasteiger partial charge in [-0.25, -0.2) is 8.78 Å². The van der Waals surface area contributed by atoms with Crippen LogP contribution in [0, 0.1) is 23.5 Å². The van der Waals surface area contributed by atoms with Crippen LogP contribution >= 0.6 is 0 Å². The third-order valence-electron chi connectivity index (χ3n) is 3.03. The van der Waals surface area contributed by atoms with Crippen LogP contribution in [0.4, 0.5) is 20.2 Å². The molecule has 0 radical (unpaired) electrons. The van der Waals surface area contributed by atoms with Crippen LogP contribution in [0.3, 0.4) is 0 Å². The topological polar surface area (TPSA) is 24.1 Å². The van der Waals surface area contributed by atoms with Crippen LogP contribution in [-0.2, 0) is 0 Å². The summed E-state index contributed by atoms with van der Waals surface area (Å²) in [5.74, 6) is -0.507. The lowest BCUT2D eigenvalue weighted by molar-refractivity contribution is 0.444. The van der Waals surface area contributed by atoms with Gasteiger partial charge in [-0.3, -0.25) is 0 Å². The number of benzene rings is 1. The van der Waals surface area contributed by atoms with Gasteiger partial charge in [0.25, 0.3) is 0 Å². The van der Waals surface area contributed by atoms with Gasteiger partial charge in [-0.1, -0.05) is 13.8 Å². The normalized spacial score (nSPS) is 16.1. The predicted octanol–water partition coefficient (Wildman–Crippen LogP) is 3.46. The maximum Gasteiger partial charge on any atom is 0.161 e. The minimum atomic E-state index is -0.805. The minimum absolute atomic E-state index is 0.480. The molecule has 1 aliphatic rings. The van der Waals surface area contributed by atoms with Crippen LogP contribution < -0.4 is 10.6 Å². The molecule has 1 aromatic rings. The van der Waals surface area contributed by atoms with Crippen LogP contribution in [0.2, 0.25) is 0 Å². The van der Waals surface area contributed by atoms with E-state index in [1.54, 1.807) is 0 Å². The summed E-state index contributed by atoms with van der Waals surface area (Å²) in [5.41, 5.74) is 1.30. The number of hydrogen-bond acceptors (Lipinski definition) is 2. The van der Waals surface area contributed by atoms with E-state index in [1.807, 2.05) is 0 Å². The summed E-state index contributed by atoms with van der Waals surface area (Å²) < 4.78 is 26.2. The van der Waals surface area contributed by atoms with Gasteiger partial charge in [0, 0.05) is 25.2 Å². The Bertz CT molecular complexity index is 372. The van der Waals surface area contributed by atoms with Gasteiger partial charge in [-0.15, -0.1) is 0 Å². The highest BCUT2D eigenvalue weighted by Crippen LogP contribution is 2.28. The first kappa shape index (κ1) is 12.1. The molecule has 2 nitrogen and oxygen atoms in total. The molecule has 0 bridgehead atoms. The van der Waals surface area contributed by atoms with Gasteiger partial charge in [0.15, 0.2) is 11.6 Å². The quantitative estimate of drug-likeness (QED) is 0.827. The van der Waals surface area contributed by atoms with Gasteiger partial charge >= 0.3 is 0 Å². The van der Waals surface area contributed by atoms with Crippen LogP contribution in [0.5, 0.6) is 0 Å². The Balaban J connectivity index is 2.13. The molecule has 1 heterocycles. The van der Waals surface area contributed by atoms with Crippen molar-refractivity contribution in [2.24, 2.45) is 11.8 Å². The third-order valence-corrected chi connectivity index (χ3v) is 3.03. The van der Waals surface area contributed by atoms with Crippen molar-refractivity contribution in [2.45, 2.75) is 20.3 Å². The maximum atomic E-state index is 13.1. The monoisotopic (exact) mass is 240 g/mol. The van der Waals surface area contributed by atoms with E-state index in [9.17, 15) is 8.78 Å². The Morgan fingerprint density at radius 3 is 2.00 bits per heavy atom. The fourth-order valence-corrected chi connectivity index (χ4v) is 2.25. The van der Waals surface area contributed by atoms with E-state index < -0.39 is 11.6 Å². The maximum absolute atomic E-state index is 13.1. The van der Waals surface area contributed by atoms with Crippen LogP contribution in [0.15, 0.2) is 12.1 Å². The first-order chi connectivity index (χ1) is 8.06. The molecule has 2 N–H and O–H groups in total. The van der Waals surface area contributed by atoms with E-state index in [0.717, 1.165) is 19.5 Å². The highest BCUT2D eigenvalue weighted by Gasteiger charge is 2.18. The Hall–Kier alpha value is -1.32. The SMILES string of the molecule is CC(C)CC1CNc2cc(F)c(F)cc2NC1. The third kappa shape index (κ3) is 2.87. The second kappa shape index (κ2) is 4.90. The molecule has 0 saturated heterocycles. The zero-order valence-corrected chi connectivity index (χ0v) is 10.2. The van der Waals surface area contributed by atoms with Gasteiger partial charge in [-0.05, 0) is 18.3 Å². The number of hydrogen-bond donors (Lipinski definition) is 2. The Labute approximate surface area is 100 Å². The zero-order valence-electron chi connectivity index (χ0n) is 10.2. The summed E-state index contributed by atoms with van der Waals surface area (Å²) in [6.45, 7) is 5.95. The fourth-order valence-electron chi connectivity index (χ4n) is 2.25. The van der Waals surface area contributed by atoms with E-state index in [-0.39, 0.29) is 0 Å². The summed E-state index contributed by atoms with van der Waals surface area (Å²) in [6, 6.07) is 2.44. The minimum Gasteiger partial charge on any atom is -0.383 e. The van der Waals surface area contributed by atoms with Crippen molar-refractivity contribution in [3.8, 4) is 0 Å². The van der Waals surface area contributed by atoms with E-state index in [2.05, 4.69) is 24.5 Å². The van der Waals surface area contributed by atoms with E-state index in [0.29, 0.717) is 23.2 Å². The Morgan fingerprint density at radius 1 is 1.12 bits per heavy atom. The lowest BCUT2D eigenvalue weighted by atomic mass is 9.97. The van der Waals surface area contributed by atoms with E-state index in [4.69, 9.17) is 0 Å². The second-order valence-corrected chi connectivity index (χ2v) is 5.07. The molecule has 17 heavy (non-hydrogen) atoms. The highest BCUT2D eigenvalue weighted by molar-refractivity contribution is 5.69. The zero-order chi connectivity index (χ0) is 12.4. The van der Waals surface area contributed by atoms with E-state index >= 15 is 0 Å². The summed E-state index contributed by atoms with van der Waals surface area (Å²) in [4.78, 5) is 0. The molecule has 0 spiro atoms. The predicted molar refractivity (Wildman–Crippen MR) is 66.3 cm³/mol. The number of nitrogens with one attached hydrogen (secondary N) is 2. The van der Waals surface area contributed by atoms with Crippen molar-refractivity contribution < 1.29 is 8.78 Å². The molecule has 0 saturated carbocycles. The lowest BCUT2D eigenvalue weighted by Gasteiger charge is -2.16. The number of fused-ring (bicyclic) bond motifs is 1. The molecule has 0 aliphatic carbocycles. The summed E-state index contributed by atoms with van der Waals surface area (Å²) in [5, 5.41) is 6.36. The molecule has 94 valence electrons. The van der Waals surface area contributed by atoms with Crippen molar-refractivity contribution >= 4 is 11.4 Å². The molecule has 0 fully saturated rings. The number of rotatable bonds is 2. The van der Waals surface area contributed by atoms with Gasteiger partial charge in [0.1, 0.15) is 0 Å². The first-order valence-electron chi connectivity index (χ1n) is 6.03. The first-order valence-corrected chi connectivity index (χ1v) is 6.03. The summed E-state index contributed by atoms with van der Waals surface area (Å²) >= 11 is 0. The average molecular weight is 240 g/mol. The van der Waals surface area contributed by atoms with Gasteiger partial charge in [0.2, 0.25) is 0 Å². The van der Waals surface area contributed by atoms with Crippen molar-refractivity contribution in [2.75, 3.05) is 23.7 Å². The van der Waals surface area contributed by atoms with Gasteiger partial charge in [-0.2, -0.15) is 0 Å².